The second-order valence-electron chi connectivity index (χ2n) is 7.63. The van der Waals surface area contributed by atoms with Crippen molar-refractivity contribution in [2.24, 2.45) is 5.73 Å². The predicted molar refractivity (Wildman–Crippen MR) is 116 cm³/mol. The number of nitrogens with zero attached hydrogens (tertiary/aromatic N) is 5. The van der Waals surface area contributed by atoms with E-state index < -0.39 is 5.54 Å². The van der Waals surface area contributed by atoms with Crippen LogP contribution in [0.2, 0.25) is 0 Å². The van der Waals surface area contributed by atoms with Gasteiger partial charge in [0.2, 0.25) is 0 Å². The molecular weight excluding hydrogens is 400 g/mol. The molecule has 8 heteroatoms. The average Bonchev–Trinajstić information content (AvgIpc) is 3.49. The highest BCUT2D eigenvalue weighted by Gasteiger charge is 2.36. The summed E-state index contributed by atoms with van der Waals surface area (Å²) in [6, 6.07) is 18.5. The van der Waals surface area contributed by atoms with E-state index in [1.165, 1.54) is 5.56 Å². The molecule has 0 aliphatic heterocycles. The number of halogens is 1. The minimum Gasteiger partial charge on any atom is -0.332 e. The Kier molecular flexibility index (Phi) is 5.40. The molecular formula is C22H23ClN6O. The van der Waals surface area contributed by atoms with Crippen LogP contribution < -0.4 is 5.73 Å². The maximum absolute atomic E-state index is 6.44. The number of nitrogens with two attached hydrogens (primary N) is 1. The van der Waals surface area contributed by atoms with Crippen LogP contribution in [0, 0.1) is 6.92 Å². The van der Waals surface area contributed by atoms with Gasteiger partial charge in [-0.1, -0.05) is 65.7 Å². The molecule has 2 heterocycles. The normalized spacial score (nSPS) is 15.1. The van der Waals surface area contributed by atoms with Crippen LogP contribution >= 0.6 is 12.4 Å². The van der Waals surface area contributed by atoms with Gasteiger partial charge in [-0.2, -0.15) is 4.98 Å². The highest BCUT2D eigenvalue weighted by Crippen LogP contribution is 2.35. The molecule has 1 aliphatic carbocycles. The molecule has 2 aromatic heterocycles. The topological polar surface area (TPSA) is 95.7 Å². The van der Waals surface area contributed by atoms with E-state index in [1.54, 1.807) is 4.68 Å². The zero-order chi connectivity index (χ0) is 19.8. The van der Waals surface area contributed by atoms with Crippen LogP contribution in [-0.4, -0.2) is 25.1 Å². The number of aromatic nitrogens is 5. The molecule has 0 unspecified atom stereocenters. The zero-order valence-corrected chi connectivity index (χ0v) is 17.5. The largest absolute Gasteiger partial charge is 0.332 e. The van der Waals surface area contributed by atoms with Crippen molar-refractivity contribution in [3.05, 3.63) is 66.1 Å². The van der Waals surface area contributed by atoms with Gasteiger partial charge in [0.05, 0.1) is 16.9 Å². The Balaban J connectivity index is 0.00000218. The highest BCUT2D eigenvalue weighted by molar-refractivity contribution is 5.85. The fourth-order valence-electron chi connectivity index (χ4n) is 3.95. The standard InChI is InChI=1S/C22H22N6O.ClH/c1-15-19(20-24-21(26-29-20)22(23)13-5-6-14-22)25-27-28(15)18-11-9-17(10-12-18)16-7-3-2-4-8-16;/h2-4,7-12H,5-6,13-14,23H2,1H3;1H. The SMILES string of the molecule is Cc1c(-c2nc(C3(N)CCCC3)no2)nnn1-c1ccc(-c2ccccc2)cc1.Cl. The number of rotatable bonds is 4. The second-order valence-corrected chi connectivity index (χ2v) is 7.63. The molecule has 0 saturated heterocycles. The molecule has 7 nitrogen and oxygen atoms in total. The van der Waals surface area contributed by atoms with Gasteiger partial charge in [0.1, 0.15) is 0 Å². The third-order valence-electron chi connectivity index (χ3n) is 5.68. The molecule has 1 saturated carbocycles. The summed E-state index contributed by atoms with van der Waals surface area (Å²) >= 11 is 0. The Bertz CT molecular complexity index is 1130. The fraction of sp³-hybridized carbons (Fsp3) is 0.273. The van der Waals surface area contributed by atoms with Gasteiger partial charge in [0.25, 0.3) is 5.89 Å². The number of hydrogen-bond donors (Lipinski definition) is 1. The minimum atomic E-state index is -0.487. The van der Waals surface area contributed by atoms with Crippen molar-refractivity contribution < 1.29 is 4.52 Å². The lowest BCUT2D eigenvalue weighted by Crippen LogP contribution is -2.34. The highest BCUT2D eigenvalue weighted by atomic mass is 35.5. The Morgan fingerprint density at radius 3 is 2.33 bits per heavy atom. The maximum atomic E-state index is 6.44. The van der Waals surface area contributed by atoms with Crippen molar-refractivity contribution in [2.75, 3.05) is 0 Å². The molecule has 5 rings (SSSR count). The van der Waals surface area contributed by atoms with Gasteiger partial charge in [-0.3, -0.25) is 0 Å². The van der Waals surface area contributed by atoms with Gasteiger partial charge < -0.3 is 10.3 Å². The monoisotopic (exact) mass is 422 g/mol. The van der Waals surface area contributed by atoms with Crippen LogP contribution in [0.4, 0.5) is 0 Å². The summed E-state index contributed by atoms with van der Waals surface area (Å²) in [6.07, 6.45) is 3.94. The Morgan fingerprint density at radius 1 is 0.967 bits per heavy atom. The molecule has 0 radical (unpaired) electrons. The summed E-state index contributed by atoms with van der Waals surface area (Å²) in [5.41, 5.74) is 10.6. The van der Waals surface area contributed by atoms with Crippen LogP contribution in [-0.2, 0) is 5.54 Å². The molecule has 0 amide bonds. The van der Waals surface area contributed by atoms with E-state index in [0.29, 0.717) is 17.4 Å². The van der Waals surface area contributed by atoms with Gasteiger partial charge in [-0.05, 0) is 43.0 Å². The van der Waals surface area contributed by atoms with Gasteiger partial charge in [-0.25, -0.2) is 4.68 Å². The summed E-state index contributed by atoms with van der Waals surface area (Å²) in [4.78, 5) is 4.54. The molecule has 0 atom stereocenters. The molecule has 1 fully saturated rings. The lowest BCUT2D eigenvalue weighted by Gasteiger charge is -2.17. The third kappa shape index (κ3) is 3.51. The molecule has 30 heavy (non-hydrogen) atoms. The minimum absolute atomic E-state index is 0. The molecule has 2 N–H and O–H groups in total. The van der Waals surface area contributed by atoms with E-state index in [1.807, 2.05) is 37.3 Å². The van der Waals surface area contributed by atoms with Gasteiger partial charge in [0.15, 0.2) is 11.5 Å². The first-order valence-electron chi connectivity index (χ1n) is 9.86. The summed E-state index contributed by atoms with van der Waals surface area (Å²) < 4.78 is 7.26. The Hall–Kier alpha value is -3.03. The van der Waals surface area contributed by atoms with Crippen molar-refractivity contribution in [3.8, 4) is 28.4 Å². The van der Waals surface area contributed by atoms with E-state index >= 15 is 0 Å². The summed E-state index contributed by atoms with van der Waals surface area (Å²) in [7, 11) is 0. The van der Waals surface area contributed by atoms with Crippen molar-refractivity contribution in [2.45, 2.75) is 38.1 Å². The molecule has 4 aromatic rings. The lowest BCUT2D eigenvalue weighted by molar-refractivity contribution is 0.372. The second kappa shape index (κ2) is 8.01. The van der Waals surface area contributed by atoms with Gasteiger partial charge in [-0.15, -0.1) is 17.5 Å². The van der Waals surface area contributed by atoms with Crippen molar-refractivity contribution >= 4 is 12.4 Å². The van der Waals surface area contributed by atoms with Crippen LogP contribution in [0.5, 0.6) is 0 Å². The van der Waals surface area contributed by atoms with E-state index in [0.717, 1.165) is 42.6 Å². The lowest BCUT2D eigenvalue weighted by atomic mass is 9.99. The smallest absolute Gasteiger partial charge is 0.280 e. The Morgan fingerprint density at radius 2 is 1.63 bits per heavy atom. The quantitative estimate of drug-likeness (QED) is 0.522. The zero-order valence-electron chi connectivity index (χ0n) is 16.7. The Labute approximate surface area is 180 Å². The molecule has 154 valence electrons. The predicted octanol–water partition coefficient (Wildman–Crippen LogP) is 4.44. The summed E-state index contributed by atoms with van der Waals surface area (Å²) in [5, 5.41) is 12.7. The maximum Gasteiger partial charge on any atom is 0.280 e. The molecule has 2 aromatic carbocycles. The van der Waals surface area contributed by atoms with Crippen molar-refractivity contribution in [1.82, 2.24) is 25.1 Å². The van der Waals surface area contributed by atoms with E-state index in [-0.39, 0.29) is 12.4 Å². The first kappa shape index (κ1) is 20.3. The number of benzene rings is 2. The van der Waals surface area contributed by atoms with Crippen molar-refractivity contribution in [3.63, 3.8) is 0 Å². The van der Waals surface area contributed by atoms with Crippen LogP contribution in [0.15, 0.2) is 59.1 Å². The summed E-state index contributed by atoms with van der Waals surface area (Å²) in [6.45, 7) is 1.94. The van der Waals surface area contributed by atoms with E-state index in [4.69, 9.17) is 10.3 Å². The van der Waals surface area contributed by atoms with Crippen LogP contribution in [0.25, 0.3) is 28.4 Å². The third-order valence-corrected chi connectivity index (χ3v) is 5.68. The summed E-state index contributed by atoms with van der Waals surface area (Å²) in [5.74, 6) is 0.924. The van der Waals surface area contributed by atoms with E-state index in [9.17, 15) is 0 Å². The first-order chi connectivity index (χ1) is 14.1. The molecule has 1 aliphatic rings. The van der Waals surface area contributed by atoms with Crippen molar-refractivity contribution in [1.29, 1.82) is 0 Å². The van der Waals surface area contributed by atoms with E-state index in [2.05, 4.69) is 44.7 Å². The van der Waals surface area contributed by atoms with Gasteiger partial charge in [0, 0.05) is 0 Å². The van der Waals surface area contributed by atoms with Crippen LogP contribution in [0.1, 0.15) is 37.2 Å². The average molecular weight is 423 g/mol. The van der Waals surface area contributed by atoms with Crippen LogP contribution in [0.3, 0.4) is 0 Å². The number of hydrogen-bond acceptors (Lipinski definition) is 6. The fourth-order valence-corrected chi connectivity index (χ4v) is 3.95. The molecule has 0 bridgehead atoms. The van der Waals surface area contributed by atoms with Gasteiger partial charge >= 0.3 is 0 Å². The molecule has 0 spiro atoms. The first-order valence-corrected chi connectivity index (χ1v) is 9.86.